The number of H-pyrrole nitrogens is 1. The fraction of sp³-hybridized carbons (Fsp3) is 0.500. The first-order chi connectivity index (χ1) is 13.0. The van der Waals surface area contributed by atoms with Crippen LogP contribution in [0.2, 0.25) is 5.02 Å². The van der Waals surface area contributed by atoms with Gasteiger partial charge in [-0.15, -0.1) is 0 Å². The van der Waals surface area contributed by atoms with Crippen LogP contribution in [0.15, 0.2) is 24.3 Å². The normalized spacial score (nSPS) is 23.3. The standard InChI is InChI=1S/C20H25ClN4O2/c1-13-11-17-18(14(2)27-13)22-23-19(17)20(26)25-9-7-24(8-10-25)12-15-3-5-16(21)6-4-15/h3-6,13-14H,7-12H2,1-2H3,(H,22,23)/t13-,14+/m1/s1. The van der Waals surface area contributed by atoms with E-state index in [1.165, 1.54) is 5.56 Å². The van der Waals surface area contributed by atoms with Crippen molar-refractivity contribution in [2.75, 3.05) is 26.2 Å². The summed E-state index contributed by atoms with van der Waals surface area (Å²) in [7, 11) is 0. The molecule has 2 aromatic rings. The van der Waals surface area contributed by atoms with Gasteiger partial charge in [0.05, 0.1) is 17.9 Å². The summed E-state index contributed by atoms with van der Waals surface area (Å²) in [5.74, 6) is 0.0277. The van der Waals surface area contributed by atoms with E-state index in [2.05, 4.69) is 27.2 Å². The Kier molecular flexibility index (Phi) is 5.21. The number of benzene rings is 1. The highest BCUT2D eigenvalue weighted by atomic mass is 35.5. The van der Waals surface area contributed by atoms with Gasteiger partial charge in [-0.25, -0.2) is 0 Å². The molecule has 1 saturated heterocycles. The number of carbonyl (C=O) groups is 1. The van der Waals surface area contributed by atoms with E-state index in [1.54, 1.807) is 0 Å². The molecule has 0 unspecified atom stereocenters. The SMILES string of the molecule is C[C@@H]1Cc2c(C(=O)N3CCN(Cc4ccc(Cl)cc4)CC3)n[nH]c2[C@H](C)O1. The van der Waals surface area contributed by atoms with E-state index in [-0.39, 0.29) is 18.1 Å². The molecule has 1 N–H and O–H groups in total. The average molecular weight is 389 g/mol. The largest absolute Gasteiger partial charge is 0.369 e. The molecule has 6 nitrogen and oxygen atoms in total. The zero-order chi connectivity index (χ0) is 19.0. The van der Waals surface area contributed by atoms with Crippen molar-refractivity contribution in [2.24, 2.45) is 0 Å². The molecule has 1 amide bonds. The number of hydrogen-bond acceptors (Lipinski definition) is 4. The molecule has 144 valence electrons. The summed E-state index contributed by atoms with van der Waals surface area (Å²) in [6, 6.07) is 7.95. The van der Waals surface area contributed by atoms with E-state index >= 15 is 0 Å². The molecular formula is C20H25ClN4O2. The average Bonchev–Trinajstić information content (AvgIpc) is 3.08. The lowest BCUT2D eigenvalue weighted by molar-refractivity contribution is -0.00704. The minimum absolute atomic E-state index is 0.0277. The van der Waals surface area contributed by atoms with Crippen molar-refractivity contribution < 1.29 is 9.53 Å². The van der Waals surface area contributed by atoms with Crippen molar-refractivity contribution >= 4 is 17.5 Å². The van der Waals surface area contributed by atoms with Gasteiger partial charge in [0.1, 0.15) is 0 Å². The van der Waals surface area contributed by atoms with Crippen LogP contribution < -0.4 is 0 Å². The number of halogens is 1. The summed E-state index contributed by atoms with van der Waals surface area (Å²) >= 11 is 5.95. The summed E-state index contributed by atoms with van der Waals surface area (Å²) in [4.78, 5) is 17.3. The maximum Gasteiger partial charge on any atom is 0.274 e. The molecule has 0 radical (unpaired) electrons. The molecule has 2 atom stereocenters. The van der Waals surface area contributed by atoms with E-state index in [9.17, 15) is 4.79 Å². The van der Waals surface area contributed by atoms with E-state index in [1.807, 2.05) is 30.9 Å². The predicted molar refractivity (Wildman–Crippen MR) is 104 cm³/mol. The first-order valence-corrected chi connectivity index (χ1v) is 9.87. The fourth-order valence-corrected chi connectivity index (χ4v) is 4.08. The highest BCUT2D eigenvalue weighted by Gasteiger charge is 2.32. The van der Waals surface area contributed by atoms with Gasteiger partial charge in [0.2, 0.25) is 0 Å². The van der Waals surface area contributed by atoms with Gasteiger partial charge in [0, 0.05) is 49.7 Å². The van der Waals surface area contributed by atoms with Crippen molar-refractivity contribution in [1.82, 2.24) is 20.0 Å². The van der Waals surface area contributed by atoms with Crippen LogP contribution in [0.1, 0.15) is 47.3 Å². The Bertz CT molecular complexity index is 812. The van der Waals surface area contributed by atoms with Gasteiger partial charge in [-0.2, -0.15) is 5.10 Å². The number of ether oxygens (including phenoxy) is 1. The number of rotatable bonds is 3. The number of amides is 1. The van der Waals surface area contributed by atoms with Gasteiger partial charge in [-0.3, -0.25) is 14.8 Å². The van der Waals surface area contributed by atoms with Gasteiger partial charge in [-0.1, -0.05) is 23.7 Å². The van der Waals surface area contributed by atoms with Gasteiger partial charge in [-0.05, 0) is 31.5 Å². The van der Waals surface area contributed by atoms with Crippen molar-refractivity contribution in [3.63, 3.8) is 0 Å². The molecule has 2 aliphatic rings. The van der Waals surface area contributed by atoms with Gasteiger partial charge in [0.25, 0.3) is 5.91 Å². The third-order valence-corrected chi connectivity index (χ3v) is 5.67. The maximum absolute atomic E-state index is 13.0. The lowest BCUT2D eigenvalue weighted by atomic mass is 9.99. The third kappa shape index (κ3) is 3.88. The van der Waals surface area contributed by atoms with Crippen LogP contribution in [0.4, 0.5) is 0 Å². The number of nitrogens with one attached hydrogen (secondary N) is 1. The summed E-state index contributed by atoms with van der Waals surface area (Å²) in [5, 5.41) is 8.10. The first kappa shape index (κ1) is 18.5. The summed E-state index contributed by atoms with van der Waals surface area (Å²) in [6.07, 6.45) is 0.787. The quantitative estimate of drug-likeness (QED) is 0.877. The molecule has 3 heterocycles. The van der Waals surface area contributed by atoms with Crippen molar-refractivity contribution in [2.45, 2.75) is 39.0 Å². The number of hydrogen-bond donors (Lipinski definition) is 1. The minimum atomic E-state index is -0.0472. The monoisotopic (exact) mass is 388 g/mol. The summed E-state index contributed by atoms with van der Waals surface area (Å²) in [5.41, 5.74) is 3.77. The molecule has 0 saturated carbocycles. The smallest absolute Gasteiger partial charge is 0.274 e. The Hall–Kier alpha value is -1.89. The molecule has 7 heteroatoms. The number of fused-ring (bicyclic) bond motifs is 1. The molecule has 4 rings (SSSR count). The zero-order valence-electron chi connectivity index (χ0n) is 15.7. The Morgan fingerprint density at radius 2 is 1.93 bits per heavy atom. The Balaban J connectivity index is 1.39. The van der Waals surface area contributed by atoms with Crippen LogP contribution in [0.25, 0.3) is 0 Å². The Morgan fingerprint density at radius 3 is 2.63 bits per heavy atom. The molecule has 0 bridgehead atoms. The lowest BCUT2D eigenvalue weighted by Crippen LogP contribution is -2.48. The Labute approximate surface area is 164 Å². The number of aromatic nitrogens is 2. The van der Waals surface area contributed by atoms with Crippen LogP contribution in [-0.4, -0.2) is 58.2 Å². The van der Waals surface area contributed by atoms with Crippen LogP contribution in [0.3, 0.4) is 0 Å². The zero-order valence-corrected chi connectivity index (χ0v) is 16.5. The maximum atomic E-state index is 13.0. The van der Waals surface area contributed by atoms with E-state index in [0.29, 0.717) is 5.69 Å². The molecule has 1 fully saturated rings. The second kappa shape index (κ2) is 7.62. The molecular weight excluding hydrogens is 364 g/mol. The lowest BCUT2D eigenvalue weighted by Gasteiger charge is -2.34. The highest BCUT2D eigenvalue weighted by molar-refractivity contribution is 6.30. The highest BCUT2D eigenvalue weighted by Crippen LogP contribution is 2.30. The molecule has 0 spiro atoms. The number of piperazine rings is 1. The second-order valence-corrected chi connectivity index (χ2v) is 7.89. The van der Waals surface area contributed by atoms with Crippen molar-refractivity contribution in [1.29, 1.82) is 0 Å². The van der Waals surface area contributed by atoms with E-state index in [0.717, 1.165) is 55.4 Å². The number of aromatic amines is 1. The first-order valence-electron chi connectivity index (χ1n) is 9.50. The van der Waals surface area contributed by atoms with Gasteiger partial charge in [0.15, 0.2) is 5.69 Å². The number of nitrogens with zero attached hydrogens (tertiary/aromatic N) is 3. The number of carbonyl (C=O) groups excluding carboxylic acids is 1. The molecule has 0 aliphatic carbocycles. The van der Waals surface area contributed by atoms with Gasteiger partial charge < -0.3 is 9.64 Å². The molecule has 1 aromatic heterocycles. The minimum Gasteiger partial charge on any atom is -0.369 e. The van der Waals surface area contributed by atoms with Crippen molar-refractivity contribution in [3.05, 3.63) is 51.8 Å². The van der Waals surface area contributed by atoms with E-state index in [4.69, 9.17) is 16.3 Å². The van der Waals surface area contributed by atoms with E-state index < -0.39 is 0 Å². The fourth-order valence-electron chi connectivity index (χ4n) is 3.96. The molecule has 2 aliphatic heterocycles. The second-order valence-electron chi connectivity index (χ2n) is 7.45. The topological polar surface area (TPSA) is 61.5 Å². The summed E-state index contributed by atoms with van der Waals surface area (Å²) in [6.45, 7) is 8.06. The van der Waals surface area contributed by atoms with Gasteiger partial charge >= 0.3 is 0 Å². The van der Waals surface area contributed by atoms with Crippen LogP contribution >= 0.6 is 11.6 Å². The van der Waals surface area contributed by atoms with Crippen LogP contribution in [0, 0.1) is 0 Å². The molecule has 1 aromatic carbocycles. The third-order valence-electron chi connectivity index (χ3n) is 5.42. The molecule has 27 heavy (non-hydrogen) atoms. The summed E-state index contributed by atoms with van der Waals surface area (Å²) < 4.78 is 5.82. The Morgan fingerprint density at radius 1 is 1.22 bits per heavy atom. The van der Waals surface area contributed by atoms with Crippen LogP contribution in [-0.2, 0) is 17.7 Å². The predicted octanol–water partition coefficient (Wildman–Crippen LogP) is 3.04. The van der Waals surface area contributed by atoms with Crippen molar-refractivity contribution in [3.8, 4) is 0 Å². The van der Waals surface area contributed by atoms with Crippen LogP contribution in [0.5, 0.6) is 0 Å².